The number of hydrogen-bond acceptors (Lipinski definition) is 6. The molecule has 7 nitrogen and oxygen atoms in total. The van der Waals surface area contributed by atoms with Crippen molar-refractivity contribution in [3.63, 3.8) is 0 Å². The van der Waals surface area contributed by atoms with E-state index >= 15 is 0 Å². The van der Waals surface area contributed by atoms with Crippen molar-refractivity contribution < 1.29 is 9.90 Å². The Hall–Kier alpha value is -2.54. The van der Waals surface area contributed by atoms with Gasteiger partial charge in [-0.15, -0.1) is 0 Å². The number of aliphatic hydroxyl groups is 1. The van der Waals surface area contributed by atoms with Crippen LogP contribution in [0.2, 0.25) is 0 Å². The van der Waals surface area contributed by atoms with Crippen LogP contribution in [0, 0.1) is 0 Å². The molecule has 0 saturated heterocycles. The number of nitrogen functional groups attached to an aromatic ring is 1. The zero-order valence-electron chi connectivity index (χ0n) is 13.3. The summed E-state index contributed by atoms with van der Waals surface area (Å²) in [7, 11) is 1.56. The summed E-state index contributed by atoms with van der Waals surface area (Å²) in [6.45, 7) is 1.91. The van der Waals surface area contributed by atoms with Crippen LogP contribution in [0.25, 0.3) is 10.9 Å². The highest BCUT2D eigenvalue weighted by Gasteiger charge is 2.15. The second-order valence-corrected chi connectivity index (χ2v) is 5.12. The third kappa shape index (κ3) is 3.81. The van der Waals surface area contributed by atoms with E-state index < -0.39 is 0 Å². The maximum Gasteiger partial charge on any atom is 0.251 e. The summed E-state index contributed by atoms with van der Waals surface area (Å²) < 4.78 is 0. The van der Waals surface area contributed by atoms with E-state index in [1.54, 1.807) is 25.2 Å². The first-order valence-corrected chi connectivity index (χ1v) is 7.56. The molecule has 1 aromatic carbocycles. The third-order valence-electron chi connectivity index (χ3n) is 3.46. The molecule has 4 N–H and O–H groups in total. The Kier molecular flexibility index (Phi) is 5.59. The summed E-state index contributed by atoms with van der Waals surface area (Å²) in [6.07, 6.45) is 2.58. The highest BCUT2D eigenvalue weighted by atomic mass is 16.3. The van der Waals surface area contributed by atoms with Crippen molar-refractivity contribution in [2.75, 3.05) is 19.4 Å². The van der Waals surface area contributed by atoms with Gasteiger partial charge in [-0.05, 0) is 25.0 Å². The molecule has 7 heteroatoms. The molecule has 1 amide bonds. The van der Waals surface area contributed by atoms with Gasteiger partial charge < -0.3 is 16.2 Å². The molecule has 0 spiro atoms. The van der Waals surface area contributed by atoms with Crippen LogP contribution in [-0.2, 0) is 0 Å². The highest BCUT2D eigenvalue weighted by molar-refractivity contribution is 6.10. The molecule has 0 aliphatic carbocycles. The summed E-state index contributed by atoms with van der Waals surface area (Å²) >= 11 is 0. The zero-order chi connectivity index (χ0) is 16.8. The van der Waals surface area contributed by atoms with Gasteiger partial charge in [-0.1, -0.05) is 19.4 Å². The van der Waals surface area contributed by atoms with Gasteiger partial charge in [0, 0.05) is 12.8 Å². The van der Waals surface area contributed by atoms with Crippen LogP contribution < -0.4 is 11.1 Å². The van der Waals surface area contributed by atoms with Crippen LogP contribution in [-0.4, -0.2) is 40.3 Å². The minimum atomic E-state index is -0.250. The zero-order valence-corrected chi connectivity index (χ0v) is 13.3. The van der Waals surface area contributed by atoms with E-state index in [2.05, 4.69) is 27.2 Å². The van der Waals surface area contributed by atoms with Gasteiger partial charge in [-0.2, -0.15) is 4.98 Å². The quantitative estimate of drug-likeness (QED) is 0.704. The lowest BCUT2D eigenvalue weighted by molar-refractivity contribution is 0.0964. The van der Waals surface area contributed by atoms with Crippen LogP contribution in [0.4, 0.5) is 11.8 Å². The fraction of sp³-hybridized carbons (Fsp3) is 0.375. The van der Waals surface area contributed by atoms with Gasteiger partial charge in [-0.3, -0.25) is 4.79 Å². The first-order chi connectivity index (χ1) is 11.1. The monoisotopic (exact) mass is 315 g/mol. The van der Waals surface area contributed by atoms with Crippen molar-refractivity contribution >= 4 is 34.3 Å². The van der Waals surface area contributed by atoms with Gasteiger partial charge in [0.05, 0.1) is 23.1 Å². The molecule has 0 fully saturated rings. The Labute approximate surface area is 134 Å². The molecule has 0 aliphatic heterocycles. The first-order valence-electron chi connectivity index (χ1n) is 7.56. The predicted molar refractivity (Wildman–Crippen MR) is 91.0 cm³/mol. The Bertz CT molecular complexity index is 743. The highest BCUT2D eigenvalue weighted by Crippen LogP contribution is 2.28. The number of rotatable bonds is 6. The molecular formula is C16H21N5O2. The van der Waals surface area contributed by atoms with Crippen LogP contribution in [0.3, 0.4) is 0 Å². The fourth-order valence-corrected chi connectivity index (χ4v) is 2.29. The van der Waals surface area contributed by atoms with E-state index in [1.165, 1.54) is 0 Å². The first kappa shape index (κ1) is 16.8. The summed E-state index contributed by atoms with van der Waals surface area (Å²) in [4.78, 5) is 24.9. The number of unbranched alkanes of at least 4 members (excludes halogenated alkanes) is 1. The summed E-state index contributed by atoms with van der Waals surface area (Å²) in [5, 5.41) is 12.6. The van der Waals surface area contributed by atoms with E-state index in [0.717, 1.165) is 12.8 Å². The molecule has 0 bridgehead atoms. The number of nitrogens with zero attached hydrogens (tertiary/aromatic N) is 3. The topological polar surface area (TPSA) is 113 Å². The number of benzene rings is 1. The van der Waals surface area contributed by atoms with Crippen molar-refractivity contribution in [2.45, 2.75) is 26.2 Å². The summed E-state index contributed by atoms with van der Waals surface area (Å²) in [5.74, 6) is 0.143. The van der Waals surface area contributed by atoms with E-state index in [9.17, 15) is 9.90 Å². The van der Waals surface area contributed by atoms with Crippen molar-refractivity contribution in [3.05, 3.63) is 23.8 Å². The van der Waals surface area contributed by atoms with Gasteiger partial charge in [0.25, 0.3) is 5.91 Å². The standard InChI is InChI=1S/C16H21N5O2/c1-3-4-6-10(9-22)19-14-13-11(15(23)18-2)7-5-8-12(13)20-16(17)21-14/h5,7-8,22H,3-4,6,9H2,1-2H3,(H,18,23)(H2,17,20,21)/b19-10+. The molecule has 0 radical (unpaired) electrons. The van der Waals surface area contributed by atoms with E-state index in [1.807, 2.05) is 0 Å². The van der Waals surface area contributed by atoms with Crippen LogP contribution in [0.5, 0.6) is 0 Å². The molecule has 0 aliphatic rings. The molecule has 0 atom stereocenters. The van der Waals surface area contributed by atoms with Crippen molar-refractivity contribution in [1.29, 1.82) is 0 Å². The maximum atomic E-state index is 12.1. The Balaban J connectivity index is 2.66. The second kappa shape index (κ2) is 7.64. The van der Waals surface area contributed by atoms with Gasteiger partial charge in [0.2, 0.25) is 5.95 Å². The van der Waals surface area contributed by atoms with E-state index in [0.29, 0.717) is 34.4 Å². The number of amides is 1. The third-order valence-corrected chi connectivity index (χ3v) is 3.46. The Morgan fingerprint density at radius 3 is 2.83 bits per heavy atom. The molecular weight excluding hydrogens is 294 g/mol. The predicted octanol–water partition coefficient (Wildman–Crippen LogP) is 1.83. The number of nitrogens with two attached hydrogens (primary N) is 1. The van der Waals surface area contributed by atoms with Gasteiger partial charge >= 0.3 is 0 Å². The number of anilines is 1. The molecule has 122 valence electrons. The van der Waals surface area contributed by atoms with Gasteiger partial charge in [0.15, 0.2) is 5.82 Å². The molecule has 0 unspecified atom stereocenters. The fourth-order valence-electron chi connectivity index (χ4n) is 2.29. The summed E-state index contributed by atoms with van der Waals surface area (Å²) in [5.41, 5.74) is 7.33. The number of aliphatic hydroxyl groups excluding tert-OH is 1. The lowest BCUT2D eigenvalue weighted by Gasteiger charge is -2.09. The normalized spacial score (nSPS) is 11.7. The number of hydrogen-bond donors (Lipinski definition) is 3. The van der Waals surface area contributed by atoms with Crippen LogP contribution in [0.15, 0.2) is 23.2 Å². The number of fused-ring (bicyclic) bond motifs is 1. The minimum absolute atomic E-state index is 0.0816. The number of carbonyl (C=O) groups excluding carboxylic acids is 1. The lowest BCUT2D eigenvalue weighted by atomic mass is 10.1. The smallest absolute Gasteiger partial charge is 0.251 e. The molecule has 1 heterocycles. The number of aliphatic imine (C=N–C) groups is 1. The molecule has 1 aromatic heterocycles. The molecule has 23 heavy (non-hydrogen) atoms. The second-order valence-electron chi connectivity index (χ2n) is 5.12. The van der Waals surface area contributed by atoms with Crippen molar-refractivity contribution in [1.82, 2.24) is 15.3 Å². The Morgan fingerprint density at radius 2 is 2.17 bits per heavy atom. The minimum Gasteiger partial charge on any atom is -0.390 e. The van der Waals surface area contributed by atoms with Gasteiger partial charge in [-0.25, -0.2) is 9.98 Å². The lowest BCUT2D eigenvalue weighted by Crippen LogP contribution is -2.18. The van der Waals surface area contributed by atoms with Crippen LogP contribution >= 0.6 is 0 Å². The van der Waals surface area contributed by atoms with Crippen molar-refractivity contribution in [2.24, 2.45) is 4.99 Å². The van der Waals surface area contributed by atoms with E-state index in [4.69, 9.17) is 5.73 Å². The summed E-state index contributed by atoms with van der Waals surface area (Å²) in [6, 6.07) is 5.17. The number of nitrogens with one attached hydrogen (secondary N) is 1. The molecule has 0 saturated carbocycles. The van der Waals surface area contributed by atoms with Crippen LogP contribution in [0.1, 0.15) is 36.5 Å². The largest absolute Gasteiger partial charge is 0.390 e. The Morgan fingerprint density at radius 1 is 1.39 bits per heavy atom. The number of carbonyl (C=O) groups is 1. The molecule has 2 aromatic rings. The maximum absolute atomic E-state index is 12.1. The molecule has 2 rings (SSSR count). The number of aromatic nitrogens is 2. The SMILES string of the molecule is CCCC/C(CO)=N\c1nc(N)nc2cccc(C(=O)NC)c12. The van der Waals surface area contributed by atoms with Gasteiger partial charge in [0.1, 0.15) is 0 Å². The van der Waals surface area contributed by atoms with E-state index in [-0.39, 0.29) is 18.5 Å². The van der Waals surface area contributed by atoms with Crippen molar-refractivity contribution in [3.8, 4) is 0 Å². The average Bonchev–Trinajstić information content (AvgIpc) is 2.56. The average molecular weight is 315 g/mol.